The van der Waals surface area contributed by atoms with E-state index in [2.05, 4.69) is 0 Å². The number of anilines is 1. The van der Waals surface area contributed by atoms with Gasteiger partial charge in [0.2, 0.25) is 0 Å². The number of carbonyl (C=O) groups is 2. The molecule has 4 heteroatoms. The van der Waals surface area contributed by atoms with Crippen LogP contribution in [0.25, 0.3) is 5.57 Å². The summed E-state index contributed by atoms with van der Waals surface area (Å²) in [5.41, 5.74) is 2.61. The molecule has 3 aromatic rings. The van der Waals surface area contributed by atoms with E-state index in [-0.39, 0.29) is 11.7 Å². The van der Waals surface area contributed by atoms with Crippen LogP contribution >= 0.6 is 11.8 Å². The number of rotatable bonds is 3. The minimum atomic E-state index is -0.165. The van der Waals surface area contributed by atoms with E-state index in [1.165, 1.54) is 11.8 Å². The fourth-order valence-electron chi connectivity index (χ4n) is 3.10. The standard InChI is InChI=1S/C23H17NO2S/c1-24-18-14-8-9-15-19(18)27-22(23(24)26)20(16-10-4-2-5-11-16)21(25)17-12-6-3-7-13-17/h2-15H,1H3/b22-20+. The number of fused-ring (bicyclic) bond motifs is 1. The summed E-state index contributed by atoms with van der Waals surface area (Å²) in [4.78, 5) is 29.5. The molecule has 1 heterocycles. The Morgan fingerprint density at radius 1 is 0.778 bits per heavy atom. The third-order valence-corrected chi connectivity index (χ3v) is 5.64. The highest BCUT2D eigenvalue weighted by Crippen LogP contribution is 2.44. The van der Waals surface area contributed by atoms with E-state index in [1.807, 2.05) is 72.8 Å². The molecular weight excluding hydrogens is 354 g/mol. The van der Waals surface area contributed by atoms with E-state index in [4.69, 9.17) is 0 Å². The van der Waals surface area contributed by atoms with E-state index in [1.54, 1.807) is 24.1 Å². The Morgan fingerprint density at radius 2 is 1.33 bits per heavy atom. The van der Waals surface area contributed by atoms with Crippen molar-refractivity contribution in [3.63, 3.8) is 0 Å². The van der Waals surface area contributed by atoms with E-state index in [9.17, 15) is 9.59 Å². The number of hydrogen-bond acceptors (Lipinski definition) is 3. The molecule has 0 aliphatic carbocycles. The number of hydrogen-bond donors (Lipinski definition) is 0. The van der Waals surface area contributed by atoms with Gasteiger partial charge in [0.05, 0.1) is 10.6 Å². The summed E-state index contributed by atoms with van der Waals surface area (Å²) in [6.45, 7) is 0. The van der Waals surface area contributed by atoms with Gasteiger partial charge in [-0.1, -0.05) is 84.6 Å². The lowest BCUT2D eigenvalue weighted by Gasteiger charge is -2.28. The molecule has 27 heavy (non-hydrogen) atoms. The summed E-state index contributed by atoms with van der Waals surface area (Å²) >= 11 is 1.36. The molecule has 0 bridgehead atoms. The van der Waals surface area contributed by atoms with Gasteiger partial charge in [-0.15, -0.1) is 0 Å². The van der Waals surface area contributed by atoms with E-state index < -0.39 is 0 Å². The number of nitrogens with zero attached hydrogens (tertiary/aromatic N) is 1. The van der Waals surface area contributed by atoms with Crippen LogP contribution in [0, 0.1) is 0 Å². The van der Waals surface area contributed by atoms with Crippen LogP contribution < -0.4 is 4.90 Å². The molecule has 132 valence electrons. The molecule has 3 aromatic carbocycles. The Balaban J connectivity index is 1.93. The molecule has 1 amide bonds. The SMILES string of the molecule is CN1C(=O)/C(=C(\C(=O)c2ccccc2)c2ccccc2)Sc2ccccc21. The Labute approximate surface area is 162 Å². The minimum absolute atomic E-state index is 0.148. The number of thioether (sulfide) groups is 1. The minimum Gasteiger partial charge on any atom is -0.310 e. The maximum absolute atomic E-state index is 13.4. The number of amides is 1. The first kappa shape index (κ1) is 17.3. The van der Waals surface area contributed by atoms with Gasteiger partial charge >= 0.3 is 0 Å². The molecule has 1 aliphatic heterocycles. The molecule has 0 atom stereocenters. The maximum atomic E-state index is 13.4. The van der Waals surface area contributed by atoms with Gasteiger partial charge in [0.1, 0.15) is 0 Å². The predicted molar refractivity (Wildman–Crippen MR) is 110 cm³/mol. The van der Waals surface area contributed by atoms with Crippen LogP contribution in [0.4, 0.5) is 5.69 Å². The number of Topliss-reactive ketones (excluding diaryl/α,β-unsaturated/α-hetero) is 1. The summed E-state index contributed by atoms with van der Waals surface area (Å²) in [5.74, 6) is -0.313. The zero-order chi connectivity index (χ0) is 18.8. The maximum Gasteiger partial charge on any atom is 0.265 e. The number of likely N-dealkylation sites (N-methyl/N-ethyl adjacent to an activating group) is 1. The van der Waals surface area contributed by atoms with Crippen LogP contribution in [-0.2, 0) is 4.79 Å². The Bertz CT molecular complexity index is 1040. The third-order valence-electron chi connectivity index (χ3n) is 4.49. The van der Waals surface area contributed by atoms with Crippen LogP contribution in [0.1, 0.15) is 15.9 Å². The van der Waals surface area contributed by atoms with Gasteiger partial charge in [-0.05, 0) is 17.7 Å². The lowest BCUT2D eigenvalue weighted by atomic mass is 9.96. The van der Waals surface area contributed by atoms with Gasteiger partial charge in [-0.25, -0.2) is 0 Å². The van der Waals surface area contributed by atoms with E-state index in [0.29, 0.717) is 16.0 Å². The largest absolute Gasteiger partial charge is 0.310 e. The lowest BCUT2D eigenvalue weighted by molar-refractivity contribution is -0.114. The second kappa shape index (κ2) is 7.25. The summed E-state index contributed by atoms with van der Waals surface area (Å²) < 4.78 is 0. The summed E-state index contributed by atoms with van der Waals surface area (Å²) in [6, 6.07) is 26.2. The molecular formula is C23H17NO2S. The van der Waals surface area contributed by atoms with Crippen molar-refractivity contribution in [2.45, 2.75) is 4.90 Å². The van der Waals surface area contributed by atoms with Crippen molar-refractivity contribution < 1.29 is 9.59 Å². The summed E-state index contributed by atoms with van der Waals surface area (Å²) in [6.07, 6.45) is 0. The molecule has 0 spiro atoms. The highest BCUT2D eigenvalue weighted by molar-refractivity contribution is 8.04. The van der Waals surface area contributed by atoms with Crippen molar-refractivity contribution in [1.29, 1.82) is 0 Å². The number of benzene rings is 3. The van der Waals surface area contributed by atoms with Crippen molar-refractivity contribution in [3.05, 3.63) is 101 Å². The van der Waals surface area contributed by atoms with Crippen molar-refractivity contribution >= 4 is 34.7 Å². The molecule has 0 radical (unpaired) electrons. The predicted octanol–water partition coefficient (Wildman–Crippen LogP) is 5.05. The fraction of sp³-hybridized carbons (Fsp3) is 0.0435. The molecule has 3 nitrogen and oxygen atoms in total. The van der Waals surface area contributed by atoms with Crippen LogP contribution in [0.2, 0.25) is 0 Å². The van der Waals surface area contributed by atoms with Crippen LogP contribution in [0.5, 0.6) is 0 Å². The van der Waals surface area contributed by atoms with E-state index in [0.717, 1.165) is 16.1 Å². The van der Waals surface area contributed by atoms with Crippen molar-refractivity contribution in [3.8, 4) is 0 Å². The highest BCUT2D eigenvalue weighted by Gasteiger charge is 2.32. The van der Waals surface area contributed by atoms with Crippen molar-refractivity contribution in [2.75, 3.05) is 11.9 Å². The van der Waals surface area contributed by atoms with Gasteiger partial charge in [-0.2, -0.15) is 0 Å². The summed E-state index contributed by atoms with van der Waals surface area (Å²) in [5, 5.41) is 0. The molecule has 0 saturated heterocycles. The monoisotopic (exact) mass is 371 g/mol. The molecule has 0 saturated carbocycles. The van der Waals surface area contributed by atoms with Gasteiger partial charge in [-0.3, -0.25) is 9.59 Å². The number of para-hydroxylation sites is 1. The average molecular weight is 371 g/mol. The second-order valence-corrected chi connectivity index (χ2v) is 7.25. The quantitative estimate of drug-likeness (QED) is 0.478. The molecule has 0 fully saturated rings. The average Bonchev–Trinajstić information content (AvgIpc) is 2.73. The summed E-state index contributed by atoms with van der Waals surface area (Å²) in [7, 11) is 1.75. The van der Waals surface area contributed by atoms with Crippen molar-refractivity contribution in [1.82, 2.24) is 0 Å². The van der Waals surface area contributed by atoms with E-state index >= 15 is 0 Å². The zero-order valence-electron chi connectivity index (χ0n) is 14.8. The van der Waals surface area contributed by atoms with Crippen LogP contribution in [0.15, 0.2) is 94.7 Å². The topological polar surface area (TPSA) is 37.4 Å². The highest BCUT2D eigenvalue weighted by atomic mass is 32.2. The third kappa shape index (κ3) is 3.20. The number of ketones is 1. The first-order chi connectivity index (χ1) is 13.2. The number of allylic oxidation sites excluding steroid dienone is 1. The molecule has 4 rings (SSSR count). The first-order valence-corrected chi connectivity index (χ1v) is 9.43. The molecule has 1 aliphatic rings. The Morgan fingerprint density at radius 3 is 2.00 bits per heavy atom. The second-order valence-electron chi connectivity index (χ2n) is 6.20. The zero-order valence-corrected chi connectivity index (χ0v) is 15.6. The van der Waals surface area contributed by atoms with Gasteiger partial charge in [0, 0.05) is 23.1 Å². The molecule has 0 N–H and O–H groups in total. The Kier molecular flexibility index (Phi) is 4.65. The normalized spacial score (nSPS) is 15.3. The van der Waals surface area contributed by atoms with Gasteiger partial charge < -0.3 is 4.90 Å². The van der Waals surface area contributed by atoms with Gasteiger partial charge in [0.25, 0.3) is 5.91 Å². The lowest BCUT2D eigenvalue weighted by Crippen LogP contribution is -2.31. The number of carbonyl (C=O) groups excluding carboxylic acids is 2. The molecule has 0 aromatic heterocycles. The first-order valence-electron chi connectivity index (χ1n) is 8.61. The van der Waals surface area contributed by atoms with Crippen molar-refractivity contribution in [2.24, 2.45) is 0 Å². The van der Waals surface area contributed by atoms with Gasteiger partial charge in [0.15, 0.2) is 5.78 Å². The fourth-order valence-corrected chi connectivity index (χ4v) is 4.31. The molecule has 0 unspecified atom stereocenters. The Hall–Kier alpha value is -3.11. The van der Waals surface area contributed by atoms with Crippen LogP contribution in [0.3, 0.4) is 0 Å². The smallest absolute Gasteiger partial charge is 0.265 e. The van der Waals surface area contributed by atoms with Crippen LogP contribution in [-0.4, -0.2) is 18.7 Å².